The zero-order valence-electron chi connectivity index (χ0n) is 12.9. The van der Waals surface area contributed by atoms with E-state index in [1.165, 1.54) is 13.1 Å². The van der Waals surface area contributed by atoms with Crippen LogP contribution in [-0.2, 0) is 4.79 Å². The van der Waals surface area contributed by atoms with Crippen molar-refractivity contribution in [2.24, 2.45) is 5.92 Å². The van der Waals surface area contributed by atoms with Gasteiger partial charge in [0.1, 0.15) is 0 Å². The highest BCUT2D eigenvalue weighted by atomic mass is 16.1. The first-order valence-corrected chi connectivity index (χ1v) is 7.76. The van der Waals surface area contributed by atoms with E-state index < -0.39 is 0 Å². The van der Waals surface area contributed by atoms with E-state index >= 15 is 0 Å². The Hall–Kier alpha value is -0.610. The standard InChI is InChI=1S/C15H29N3O/c1-11(2)15(19)16-13-5-7-17(8-6-13)14-9-18(10-14)12(3)4/h11-14H,5-10H2,1-4H3,(H,16,19). The molecule has 2 heterocycles. The summed E-state index contributed by atoms with van der Waals surface area (Å²) in [6.07, 6.45) is 2.22. The number of hydrogen-bond acceptors (Lipinski definition) is 3. The maximum atomic E-state index is 11.7. The maximum absolute atomic E-state index is 11.7. The van der Waals surface area contributed by atoms with Gasteiger partial charge in [-0.15, -0.1) is 0 Å². The number of likely N-dealkylation sites (tertiary alicyclic amines) is 2. The molecule has 0 spiro atoms. The van der Waals surface area contributed by atoms with E-state index in [9.17, 15) is 4.79 Å². The lowest BCUT2D eigenvalue weighted by molar-refractivity contribution is -0.125. The van der Waals surface area contributed by atoms with E-state index in [4.69, 9.17) is 0 Å². The van der Waals surface area contributed by atoms with Crippen LogP contribution in [0.2, 0.25) is 0 Å². The molecule has 0 saturated carbocycles. The monoisotopic (exact) mass is 267 g/mol. The van der Waals surface area contributed by atoms with Crippen molar-refractivity contribution in [3.05, 3.63) is 0 Å². The third-order valence-electron chi connectivity index (χ3n) is 4.54. The molecule has 0 unspecified atom stereocenters. The second kappa shape index (κ2) is 6.23. The largest absolute Gasteiger partial charge is 0.353 e. The molecule has 0 atom stereocenters. The molecule has 4 nitrogen and oxygen atoms in total. The highest BCUT2D eigenvalue weighted by molar-refractivity contribution is 5.78. The summed E-state index contributed by atoms with van der Waals surface area (Å²) in [6.45, 7) is 13.2. The van der Waals surface area contributed by atoms with Crippen LogP contribution in [0.3, 0.4) is 0 Å². The zero-order chi connectivity index (χ0) is 14.0. The second-order valence-electron chi connectivity index (χ2n) is 6.68. The molecule has 19 heavy (non-hydrogen) atoms. The minimum atomic E-state index is 0.101. The van der Waals surface area contributed by atoms with E-state index in [0.29, 0.717) is 12.1 Å². The van der Waals surface area contributed by atoms with Crippen LogP contribution in [-0.4, -0.2) is 60.0 Å². The van der Waals surface area contributed by atoms with Crippen LogP contribution in [0.15, 0.2) is 0 Å². The van der Waals surface area contributed by atoms with Crippen molar-refractivity contribution < 1.29 is 4.79 Å². The fraction of sp³-hybridized carbons (Fsp3) is 0.933. The lowest BCUT2D eigenvalue weighted by atomic mass is 9.98. The Bertz CT molecular complexity index is 303. The summed E-state index contributed by atoms with van der Waals surface area (Å²) >= 11 is 0. The minimum absolute atomic E-state index is 0.101. The normalized spacial score (nSPS) is 23.9. The summed E-state index contributed by atoms with van der Waals surface area (Å²) in [5.74, 6) is 0.303. The van der Waals surface area contributed by atoms with Gasteiger partial charge in [0.25, 0.3) is 0 Å². The second-order valence-corrected chi connectivity index (χ2v) is 6.68. The summed E-state index contributed by atoms with van der Waals surface area (Å²) in [5, 5.41) is 3.16. The molecule has 1 amide bonds. The van der Waals surface area contributed by atoms with Gasteiger partial charge in [-0.2, -0.15) is 0 Å². The van der Waals surface area contributed by atoms with Crippen LogP contribution < -0.4 is 5.32 Å². The molecule has 4 heteroatoms. The molecule has 2 saturated heterocycles. The number of nitrogens with zero attached hydrogens (tertiary/aromatic N) is 2. The van der Waals surface area contributed by atoms with Gasteiger partial charge < -0.3 is 5.32 Å². The Balaban J connectivity index is 1.68. The molecule has 0 bridgehead atoms. The number of carbonyl (C=O) groups excluding carboxylic acids is 1. The van der Waals surface area contributed by atoms with Crippen molar-refractivity contribution in [3.8, 4) is 0 Å². The van der Waals surface area contributed by atoms with Gasteiger partial charge in [0.2, 0.25) is 5.91 Å². The van der Waals surface area contributed by atoms with Crippen molar-refractivity contribution in [1.82, 2.24) is 15.1 Å². The molecule has 110 valence electrons. The average molecular weight is 267 g/mol. The quantitative estimate of drug-likeness (QED) is 0.834. The van der Waals surface area contributed by atoms with Crippen LogP contribution in [0.5, 0.6) is 0 Å². The van der Waals surface area contributed by atoms with Crippen molar-refractivity contribution in [2.75, 3.05) is 26.2 Å². The van der Waals surface area contributed by atoms with Crippen molar-refractivity contribution in [1.29, 1.82) is 0 Å². The number of hydrogen-bond donors (Lipinski definition) is 1. The zero-order valence-corrected chi connectivity index (χ0v) is 12.9. The van der Waals surface area contributed by atoms with Crippen molar-refractivity contribution in [3.63, 3.8) is 0 Å². The van der Waals surface area contributed by atoms with Gasteiger partial charge in [0.05, 0.1) is 0 Å². The van der Waals surface area contributed by atoms with E-state index in [0.717, 1.165) is 32.0 Å². The molecule has 2 aliphatic heterocycles. The smallest absolute Gasteiger partial charge is 0.222 e. The summed E-state index contributed by atoms with van der Waals surface area (Å²) in [4.78, 5) is 16.8. The van der Waals surface area contributed by atoms with Crippen molar-refractivity contribution in [2.45, 2.75) is 58.7 Å². The number of nitrogens with one attached hydrogen (secondary N) is 1. The summed E-state index contributed by atoms with van der Waals surface area (Å²) < 4.78 is 0. The van der Waals surface area contributed by atoms with Crippen molar-refractivity contribution >= 4 is 5.91 Å². The number of piperidine rings is 1. The molecular formula is C15H29N3O. The predicted octanol–water partition coefficient (Wildman–Crippen LogP) is 1.32. The molecule has 0 aliphatic carbocycles. The summed E-state index contributed by atoms with van der Waals surface area (Å²) in [5.41, 5.74) is 0. The fourth-order valence-electron chi connectivity index (χ4n) is 2.92. The molecule has 0 aromatic carbocycles. The van der Waals surface area contributed by atoms with E-state index in [-0.39, 0.29) is 11.8 Å². The number of amides is 1. The van der Waals surface area contributed by atoms with Crippen LogP contribution in [0.1, 0.15) is 40.5 Å². The first-order chi connectivity index (χ1) is 8.97. The van der Waals surface area contributed by atoms with E-state index in [1.54, 1.807) is 0 Å². The maximum Gasteiger partial charge on any atom is 0.222 e. The molecular weight excluding hydrogens is 238 g/mol. The van der Waals surface area contributed by atoms with E-state index in [1.807, 2.05) is 13.8 Å². The Morgan fingerprint density at radius 2 is 1.68 bits per heavy atom. The topological polar surface area (TPSA) is 35.6 Å². The van der Waals surface area contributed by atoms with Gasteiger partial charge >= 0.3 is 0 Å². The Morgan fingerprint density at radius 3 is 2.16 bits per heavy atom. The average Bonchev–Trinajstić information content (AvgIpc) is 2.28. The molecule has 2 fully saturated rings. The Labute approximate surface area is 117 Å². The van der Waals surface area contributed by atoms with Gasteiger partial charge in [0.15, 0.2) is 0 Å². The minimum Gasteiger partial charge on any atom is -0.353 e. The molecule has 0 radical (unpaired) electrons. The van der Waals surface area contributed by atoms with Gasteiger partial charge in [-0.3, -0.25) is 14.6 Å². The summed E-state index contributed by atoms with van der Waals surface area (Å²) in [6, 6.07) is 1.83. The number of rotatable bonds is 4. The van der Waals surface area contributed by atoms with Crippen LogP contribution in [0, 0.1) is 5.92 Å². The van der Waals surface area contributed by atoms with Gasteiger partial charge in [0, 0.05) is 50.2 Å². The first kappa shape index (κ1) is 14.8. The van der Waals surface area contributed by atoms with Crippen LogP contribution >= 0.6 is 0 Å². The SMILES string of the molecule is CC(C)C(=O)NC1CCN(C2CN(C(C)C)C2)CC1. The highest BCUT2D eigenvalue weighted by Crippen LogP contribution is 2.21. The van der Waals surface area contributed by atoms with Crippen LogP contribution in [0.25, 0.3) is 0 Å². The molecule has 0 aromatic rings. The predicted molar refractivity (Wildman–Crippen MR) is 78.1 cm³/mol. The van der Waals surface area contributed by atoms with Gasteiger partial charge in [-0.25, -0.2) is 0 Å². The molecule has 0 aromatic heterocycles. The first-order valence-electron chi connectivity index (χ1n) is 7.76. The third-order valence-corrected chi connectivity index (χ3v) is 4.54. The lowest BCUT2D eigenvalue weighted by Crippen LogP contribution is -2.63. The Morgan fingerprint density at radius 1 is 1.11 bits per heavy atom. The fourth-order valence-corrected chi connectivity index (χ4v) is 2.92. The number of carbonyl (C=O) groups is 1. The van der Waals surface area contributed by atoms with E-state index in [2.05, 4.69) is 29.0 Å². The van der Waals surface area contributed by atoms with Gasteiger partial charge in [-0.1, -0.05) is 13.8 Å². The molecule has 1 N–H and O–H groups in total. The molecule has 2 rings (SSSR count). The lowest BCUT2D eigenvalue weighted by Gasteiger charge is -2.49. The van der Waals surface area contributed by atoms with Crippen LogP contribution in [0.4, 0.5) is 0 Å². The van der Waals surface area contributed by atoms with Gasteiger partial charge in [-0.05, 0) is 26.7 Å². The summed E-state index contributed by atoms with van der Waals surface area (Å²) in [7, 11) is 0. The third kappa shape index (κ3) is 3.69. The highest BCUT2D eigenvalue weighted by Gasteiger charge is 2.34. The Kier molecular flexibility index (Phi) is 4.85. The molecule has 2 aliphatic rings.